The van der Waals surface area contributed by atoms with Gasteiger partial charge in [0, 0.05) is 16.7 Å². The van der Waals surface area contributed by atoms with Crippen molar-refractivity contribution in [1.82, 2.24) is 10.8 Å². The van der Waals surface area contributed by atoms with Crippen LogP contribution in [-0.4, -0.2) is 39.4 Å². The van der Waals surface area contributed by atoms with Gasteiger partial charge in [-0.2, -0.15) is 0 Å². The van der Waals surface area contributed by atoms with Crippen molar-refractivity contribution in [2.24, 2.45) is 0 Å². The molecule has 0 saturated carbocycles. The zero-order chi connectivity index (χ0) is 24.5. The fraction of sp³-hybridized carbons (Fsp3) is 0.154. The molecule has 8 nitrogen and oxygen atoms in total. The van der Waals surface area contributed by atoms with Crippen molar-refractivity contribution in [3.8, 4) is 34.8 Å². The van der Waals surface area contributed by atoms with Crippen LogP contribution in [-0.2, 0) is 11.4 Å². The first kappa shape index (κ1) is 24.3. The molecule has 3 rings (SSSR count). The molecule has 2 aromatic carbocycles. The van der Waals surface area contributed by atoms with Gasteiger partial charge in [0.05, 0.1) is 6.10 Å². The van der Waals surface area contributed by atoms with E-state index in [1.807, 2.05) is 30.3 Å². The van der Waals surface area contributed by atoms with Crippen molar-refractivity contribution in [3.05, 3.63) is 83.3 Å². The van der Waals surface area contributed by atoms with Gasteiger partial charge in [-0.1, -0.05) is 36.3 Å². The Bertz CT molecular complexity index is 1270. The van der Waals surface area contributed by atoms with Gasteiger partial charge >= 0.3 is 0 Å². The Hall–Kier alpha value is -4.34. The van der Waals surface area contributed by atoms with Crippen LogP contribution in [0.3, 0.4) is 0 Å². The lowest BCUT2D eigenvalue weighted by Gasteiger charge is -2.19. The van der Waals surface area contributed by atoms with Crippen LogP contribution < -0.4 is 10.8 Å². The highest BCUT2D eigenvalue weighted by Crippen LogP contribution is 2.26. The smallest absolute Gasteiger partial charge is 0.268 e. The molecule has 8 heteroatoms. The Labute approximate surface area is 196 Å². The number of nitrogens with one attached hydrogen (secondary N) is 2. The lowest BCUT2D eigenvalue weighted by molar-refractivity contribution is -0.133. The normalized spacial score (nSPS) is 11.8. The molecule has 2 amide bonds. The van der Waals surface area contributed by atoms with Gasteiger partial charge in [0.2, 0.25) is 0 Å². The number of aliphatic hydroxyl groups excluding tert-OH is 2. The third-order valence-electron chi connectivity index (χ3n) is 4.78. The zero-order valence-electron chi connectivity index (χ0n) is 18.2. The number of carbonyl (C=O) groups excluding carboxylic acids is 2. The van der Waals surface area contributed by atoms with Gasteiger partial charge in [-0.25, -0.2) is 5.48 Å². The van der Waals surface area contributed by atoms with Gasteiger partial charge in [-0.05, 0) is 60.6 Å². The maximum Gasteiger partial charge on any atom is 0.268 e. The molecule has 2 atom stereocenters. The summed E-state index contributed by atoms with van der Waals surface area (Å²) >= 11 is 0. The number of rotatable bonds is 6. The van der Waals surface area contributed by atoms with E-state index in [1.165, 1.54) is 24.5 Å². The molecule has 0 bridgehead atoms. The van der Waals surface area contributed by atoms with Gasteiger partial charge in [-0.15, -0.1) is 0 Å². The Morgan fingerprint density at radius 3 is 2.32 bits per heavy atom. The molecule has 172 valence electrons. The fourth-order valence-electron chi connectivity index (χ4n) is 3.04. The third-order valence-corrected chi connectivity index (χ3v) is 4.78. The maximum absolute atomic E-state index is 12.3. The zero-order valence-corrected chi connectivity index (χ0v) is 18.2. The second-order valence-electron chi connectivity index (χ2n) is 7.22. The monoisotopic (exact) mass is 458 g/mol. The van der Waals surface area contributed by atoms with Crippen molar-refractivity contribution in [2.75, 3.05) is 0 Å². The van der Waals surface area contributed by atoms with Gasteiger partial charge in [0.1, 0.15) is 18.4 Å². The summed E-state index contributed by atoms with van der Waals surface area (Å²) in [6, 6.07) is 16.2. The quantitative estimate of drug-likeness (QED) is 0.218. The van der Waals surface area contributed by atoms with Gasteiger partial charge in [0.25, 0.3) is 11.8 Å². The summed E-state index contributed by atoms with van der Waals surface area (Å²) in [6.45, 7) is 1.08. The Morgan fingerprint density at radius 2 is 1.71 bits per heavy atom. The number of aliphatic hydroxyl groups is 2. The van der Waals surface area contributed by atoms with Crippen LogP contribution in [0.15, 0.2) is 65.1 Å². The molecule has 1 aromatic heterocycles. The van der Waals surface area contributed by atoms with Crippen LogP contribution >= 0.6 is 0 Å². The molecule has 3 aromatic rings. The SMILES string of the molecule is C[C@@H](O)[C@H](NC(=O)c1ccc(C#CC#Cc2oc(CO)cc2-c2ccccc2)cc1)C(=O)NO. The Kier molecular flexibility index (Phi) is 8.22. The second-order valence-corrected chi connectivity index (χ2v) is 7.22. The average Bonchev–Trinajstić information content (AvgIpc) is 3.28. The molecule has 5 N–H and O–H groups in total. The van der Waals surface area contributed by atoms with Gasteiger partial charge < -0.3 is 19.9 Å². The van der Waals surface area contributed by atoms with Crippen LogP contribution in [0.25, 0.3) is 11.1 Å². The molecular weight excluding hydrogens is 436 g/mol. The minimum Gasteiger partial charge on any atom is -0.450 e. The summed E-state index contributed by atoms with van der Waals surface area (Å²) < 4.78 is 5.59. The van der Waals surface area contributed by atoms with E-state index in [9.17, 15) is 19.8 Å². The molecule has 34 heavy (non-hydrogen) atoms. The first-order valence-corrected chi connectivity index (χ1v) is 10.3. The number of furan rings is 1. The summed E-state index contributed by atoms with van der Waals surface area (Å²) in [6.07, 6.45) is -1.20. The maximum atomic E-state index is 12.3. The summed E-state index contributed by atoms with van der Waals surface area (Å²) in [5.74, 6) is 10.5. The number of amides is 2. The summed E-state index contributed by atoms with van der Waals surface area (Å²) in [5, 5.41) is 30.1. The highest BCUT2D eigenvalue weighted by molar-refractivity contribution is 5.97. The van der Waals surface area contributed by atoms with Crippen molar-refractivity contribution < 1.29 is 29.4 Å². The van der Waals surface area contributed by atoms with Crippen molar-refractivity contribution >= 4 is 11.8 Å². The number of hydroxylamine groups is 1. The Balaban J connectivity index is 1.72. The van der Waals surface area contributed by atoms with Crippen LogP contribution in [0.5, 0.6) is 0 Å². The fourth-order valence-corrected chi connectivity index (χ4v) is 3.04. The van der Waals surface area contributed by atoms with Crippen LogP contribution in [0.2, 0.25) is 0 Å². The molecule has 0 radical (unpaired) electrons. The number of carbonyl (C=O) groups is 2. The largest absolute Gasteiger partial charge is 0.450 e. The third kappa shape index (κ3) is 6.12. The molecule has 0 aliphatic carbocycles. The predicted molar refractivity (Wildman–Crippen MR) is 123 cm³/mol. The van der Waals surface area contributed by atoms with E-state index in [1.54, 1.807) is 18.2 Å². The molecule has 0 spiro atoms. The van der Waals surface area contributed by atoms with Crippen LogP contribution in [0.4, 0.5) is 0 Å². The lowest BCUT2D eigenvalue weighted by Crippen LogP contribution is -2.51. The highest BCUT2D eigenvalue weighted by Gasteiger charge is 2.25. The minimum atomic E-state index is -1.30. The van der Waals surface area contributed by atoms with E-state index in [0.717, 1.165) is 11.1 Å². The predicted octanol–water partition coefficient (Wildman–Crippen LogP) is 1.83. The lowest BCUT2D eigenvalue weighted by atomic mass is 10.1. The van der Waals surface area contributed by atoms with E-state index in [-0.39, 0.29) is 12.2 Å². The van der Waals surface area contributed by atoms with Gasteiger partial charge in [-0.3, -0.25) is 14.8 Å². The minimum absolute atomic E-state index is 0.240. The van der Waals surface area contributed by atoms with Crippen molar-refractivity contribution in [3.63, 3.8) is 0 Å². The van der Waals surface area contributed by atoms with E-state index < -0.39 is 24.0 Å². The molecule has 0 saturated heterocycles. The number of hydrogen-bond donors (Lipinski definition) is 5. The number of benzene rings is 2. The Morgan fingerprint density at radius 1 is 1.03 bits per heavy atom. The van der Waals surface area contributed by atoms with Crippen molar-refractivity contribution in [2.45, 2.75) is 25.7 Å². The highest BCUT2D eigenvalue weighted by atomic mass is 16.5. The van der Waals surface area contributed by atoms with Crippen LogP contribution in [0.1, 0.15) is 34.4 Å². The van der Waals surface area contributed by atoms with E-state index in [0.29, 0.717) is 17.1 Å². The van der Waals surface area contributed by atoms with E-state index in [4.69, 9.17) is 9.62 Å². The first-order chi connectivity index (χ1) is 16.4. The standard InChI is InChI=1S/C26H22N2O6/c1-17(30)24(26(32)28-33)27-25(31)20-13-11-18(12-14-20)7-5-6-10-23-22(15-21(16-29)34-23)19-8-3-2-4-9-19/h2-4,8-9,11-15,17,24,29-30,33H,16H2,1H3,(H,27,31)(H,28,32)/t17-,24+/m1/s1. The summed E-state index contributed by atoms with van der Waals surface area (Å²) in [7, 11) is 0. The summed E-state index contributed by atoms with van der Waals surface area (Å²) in [4.78, 5) is 23.9. The first-order valence-electron chi connectivity index (χ1n) is 10.3. The van der Waals surface area contributed by atoms with Gasteiger partial charge in [0.15, 0.2) is 5.76 Å². The molecule has 0 fully saturated rings. The van der Waals surface area contributed by atoms with Crippen LogP contribution in [0, 0.1) is 23.7 Å². The molecule has 0 aliphatic heterocycles. The topological polar surface area (TPSA) is 132 Å². The van der Waals surface area contributed by atoms with Crippen molar-refractivity contribution in [1.29, 1.82) is 0 Å². The molecule has 1 heterocycles. The second kappa shape index (κ2) is 11.5. The summed E-state index contributed by atoms with van der Waals surface area (Å²) in [5.41, 5.74) is 3.92. The van der Waals surface area contributed by atoms with E-state index >= 15 is 0 Å². The molecule has 0 aliphatic rings. The van der Waals surface area contributed by atoms with E-state index in [2.05, 4.69) is 29.0 Å². The molecule has 0 unspecified atom stereocenters. The number of hydrogen-bond acceptors (Lipinski definition) is 6. The molecular formula is C26H22N2O6. The average molecular weight is 458 g/mol.